The van der Waals surface area contributed by atoms with Crippen LogP contribution in [0, 0.1) is 23.7 Å². The van der Waals surface area contributed by atoms with Crippen molar-refractivity contribution in [1.82, 2.24) is 0 Å². The van der Waals surface area contributed by atoms with Crippen LogP contribution in [0.4, 0.5) is 0 Å². The first-order valence-corrected chi connectivity index (χ1v) is 6.98. The van der Waals surface area contributed by atoms with Gasteiger partial charge < -0.3 is 10.2 Å². The van der Waals surface area contributed by atoms with Crippen LogP contribution in [0.3, 0.4) is 0 Å². The highest BCUT2D eigenvalue weighted by Gasteiger charge is 1.89. The van der Waals surface area contributed by atoms with Gasteiger partial charge in [0.25, 0.3) is 0 Å². The van der Waals surface area contributed by atoms with Gasteiger partial charge in [-0.1, -0.05) is 44.9 Å². The van der Waals surface area contributed by atoms with Gasteiger partial charge in [-0.25, -0.2) is 0 Å². The Balaban J connectivity index is 3.69. The van der Waals surface area contributed by atoms with Crippen molar-refractivity contribution in [3.63, 3.8) is 0 Å². The van der Waals surface area contributed by atoms with Crippen LogP contribution in [0.1, 0.15) is 58.3 Å². The van der Waals surface area contributed by atoms with Crippen molar-refractivity contribution in [3.8, 4) is 23.7 Å². The van der Waals surface area contributed by atoms with Crippen molar-refractivity contribution in [2.24, 2.45) is 0 Å². The molecule has 0 rings (SSSR count). The molecule has 0 unspecified atom stereocenters. The molecule has 0 heterocycles. The first-order valence-electron chi connectivity index (χ1n) is 6.98. The third kappa shape index (κ3) is 14.1. The summed E-state index contributed by atoms with van der Waals surface area (Å²) >= 11 is 0. The van der Waals surface area contributed by atoms with E-state index in [-0.39, 0.29) is 5.76 Å². The van der Waals surface area contributed by atoms with E-state index in [4.69, 9.17) is 5.11 Å². The molecule has 104 valence electrons. The fourth-order valence-electron chi connectivity index (χ4n) is 1.52. The van der Waals surface area contributed by atoms with Gasteiger partial charge in [0.1, 0.15) is 0 Å². The summed E-state index contributed by atoms with van der Waals surface area (Å²) in [5.74, 6) is 10.6. The average Bonchev–Trinajstić information content (AvgIpc) is 2.41. The molecular formula is C17H24O2. The predicted octanol–water partition coefficient (Wildman–Crippen LogP) is 4.65. The average molecular weight is 260 g/mol. The molecule has 0 aliphatic heterocycles. The molecule has 0 aliphatic rings. The highest BCUT2D eigenvalue weighted by molar-refractivity contribution is 5.33. The van der Waals surface area contributed by atoms with Crippen LogP contribution in [0.5, 0.6) is 0 Å². The topological polar surface area (TPSA) is 40.5 Å². The van der Waals surface area contributed by atoms with Gasteiger partial charge in [-0.15, -0.1) is 0 Å². The molecule has 0 spiro atoms. The molecule has 0 aromatic carbocycles. The Kier molecular flexibility index (Phi) is 12.9. The summed E-state index contributed by atoms with van der Waals surface area (Å²) < 4.78 is 0. The van der Waals surface area contributed by atoms with Gasteiger partial charge in [0.15, 0.2) is 5.76 Å². The largest absolute Gasteiger partial charge is 0.516 e. The molecule has 2 nitrogen and oxygen atoms in total. The number of unbranched alkanes of at least 4 members (excludes halogenated alkanes) is 6. The molecule has 0 radical (unpaired) electrons. The van der Waals surface area contributed by atoms with E-state index in [0.717, 1.165) is 19.1 Å². The zero-order chi connectivity index (χ0) is 14.2. The normalized spacial score (nSPS) is 10.7. The summed E-state index contributed by atoms with van der Waals surface area (Å²) in [7, 11) is 0. The zero-order valence-corrected chi connectivity index (χ0v) is 11.8. The van der Waals surface area contributed by atoms with Crippen molar-refractivity contribution in [1.29, 1.82) is 0 Å². The second-order valence-corrected chi connectivity index (χ2v) is 4.29. The first kappa shape index (κ1) is 17.2. The Bertz CT molecular complexity index is 383. The lowest BCUT2D eigenvalue weighted by molar-refractivity contribution is 0.434. The summed E-state index contributed by atoms with van der Waals surface area (Å²) in [4.78, 5) is 0. The van der Waals surface area contributed by atoms with E-state index in [1.165, 1.54) is 38.2 Å². The van der Waals surface area contributed by atoms with Gasteiger partial charge in [0.05, 0.1) is 6.26 Å². The van der Waals surface area contributed by atoms with Gasteiger partial charge in [0, 0.05) is 6.42 Å². The van der Waals surface area contributed by atoms with E-state index < -0.39 is 0 Å². The van der Waals surface area contributed by atoms with Crippen LogP contribution in [-0.2, 0) is 0 Å². The van der Waals surface area contributed by atoms with Crippen LogP contribution >= 0.6 is 0 Å². The van der Waals surface area contributed by atoms with Crippen LogP contribution in [0.2, 0.25) is 0 Å². The molecule has 0 aliphatic carbocycles. The van der Waals surface area contributed by atoms with Crippen LogP contribution in [-0.4, -0.2) is 10.2 Å². The van der Waals surface area contributed by atoms with Gasteiger partial charge in [-0.2, -0.15) is 0 Å². The standard InChI is InChI=1S/C17H24O2/c1-2-3-4-5-6-8-11-14-17(19)15-12-9-7-10-13-16-18/h13-14,16,18-19H,2-6,8,10-11H2,1H3. The summed E-state index contributed by atoms with van der Waals surface area (Å²) in [5, 5.41) is 17.8. The lowest BCUT2D eigenvalue weighted by atomic mass is 10.1. The van der Waals surface area contributed by atoms with Crippen molar-refractivity contribution in [2.75, 3.05) is 0 Å². The van der Waals surface area contributed by atoms with Gasteiger partial charge in [-0.3, -0.25) is 0 Å². The summed E-state index contributed by atoms with van der Waals surface area (Å²) in [6.07, 6.45) is 13.1. The minimum absolute atomic E-state index is 0.0977. The minimum Gasteiger partial charge on any atom is -0.516 e. The fraction of sp³-hybridized carbons (Fsp3) is 0.529. The number of aliphatic hydroxyl groups is 2. The molecule has 0 atom stereocenters. The molecule has 0 bridgehead atoms. The lowest BCUT2D eigenvalue weighted by Crippen LogP contribution is -1.80. The minimum atomic E-state index is 0.0977. The third-order valence-electron chi connectivity index (χ3n) is 2.56. The van der Waals surface area contributed by atoms with E-state index >= 15 is 0 Å². The Morgan fingerprint density at radius 3 is 2.53 bits per heavy atom. The van der Waals surface area contributed by atoms with E-state index in [2.05, 4.69) is 30.6 Å². The number of hydrogen-bond donors (Lipinski definition) is 2. The Hall–Kier alpha value is -1.80. The molecule has 0 aromatic rings. The van der Waals surface area contributed by atoms with E-state index in [0.29, 0.717) is 6.42 Å². The Morgan fingerprint density at radius 1 is 1.05 bits per heavy atom. The fourth-order valence-corrected chi connectivity index (χ4v) is 1.52. The second-order valence-electron chi connectivity index (χ2n) is 4.29. The smallest absolute Gasteiger partial charge is 0.163 e. The molecule has 19 heavy (non-hydrogen) atoms. The van der Waals surface area contributed by atoms with Gasteiger partial charge in [-0.05, 0) is 42.8 Å². The summed E-state index contributed by atoms with van der Waals surface area (Å²) in [6, 6.07) is 0. The Morgan fingerprint density at radius 2 is 1.79 bits per heavy atom. The van der Waals surface area contributed by atoms with E-state index in [1.54, 1.807) is 6.08 Å². The van der Waals surface area contributed by atoms with Crippen molar-refractivity contribution < 1.29 is 10.2 Å². The predicted molar refractivity (Wildman–Crippen MR) is 80.6 cm³/mol. The molecular weight excluding hydrogens is 236 g/mol. The lowest BCUT2D eigenvalue weighted by Gasteiger charge is -1.97. The van der Waals surface area contributed by atoms with Crippen molar-refractivity contribution in [2.45, 2.75) is 58.3 Å². The molecule has 0 fully saturated rings. The summed E-state index contributed by atoms with van der Waals surface area (Å²) in [6.45, 7) is 2.21. The molecule has 0 saturated carbocycles. The number of allylic oxidation sites excluding steroid dienone is 3. The molecule has 0 amide bonds. The Labute approximate surface area is 117 Å². The van der Waals surface area contributed by atoms with Crippen molar-refractivity contribution >= 4 is 0 Å². The maximum absolute atomic E-state index is 9.46. The van der Waals surface area contributed by atoms with Crippen LogP contribution < -0.4 is 0 Å². The molecule has 0 aromatic heterocycles. The maximum atomic E-state index is 9.46. The highest BCUT2D eigenvalue weighted by Crippen LogP contribution is 2.07. The summed E-state index contributed by atoms with van der Waals surface area (Å²) in [5.41, 5.74) is 0. The SMILES string of the molecule is CCCCCCCCC=C(O)C#CC#CCC=CO. The van der Waals surface area contributed by atoms with Crippen LogP contribution in [0.15, 0.2) is 24.2 Å². The van der Waals surface area contributed by atoms with E-state index in [9.17, 15) is 5.11 Å². The van der Waals surface area contributed by atoms with Gasteiger partial charge in [0.2, 0.25) is 0 Å². The third-order valence-corrected chi connectivity index (χ3v) is 2.56. The van der Waals surface area contributed by atoms with Gasteiger partial charge >= 0.3 is 0 Å². The quantitative estimate of drug-likeness (QED) is 0.379. The van der Waals surface area contributed by atoms with E-state index in [1.807, 2.05) is 0 Å². The highest BCUT2D eigenvalue weighted by atomic mass is 16.3. The number of rotatable bonds is 8. The maximum Gasteiger partial charge on any atom is 0.163 e. The molecule has 2 heteroatoms. The van der Waals surface area contributed by atoms with Crippen LogP contribution in [0.25, 0.3) is 0 Å². The zero-order valence-electron chi connectivity index (χ0n) is 11.8. The monoisotopic (exact) mass is 260 g/mol. The number of aliphatic hydroxyl groups excluding tert-OH is 2. The number of hydrogen-bond acceptors (Lipinski definition) is 2. The second kappa shape index (κ2) is 14.3. The molecule has 2 N–H and O–H groups in total. The first-order chi connectivity index (χ1) is 9.31. The molecule has 0 saturated heterocycles. The van der Waals surface area contributed by atoms with Crippen molar-refractivity contribution in [3.05, 3.63) is 24.2 Å².